The molecule has 4 saturated heterocycles. The van der Waals surface area contributed by atoms with Crippen molar-refractivity contribution in [3.05, 3.63) is 0 Å². The van der Waals surface area contributed by atoms with Crippen LogP contribution >= 0.6 is 0 Å². The zero-order chi connectivity index (χ0) is 43.9. The minimum absolute atomic E-state index is 0.126. The molecule has 2 bridgehead atoms. The number of rotatable bonds is 9. The second-order valence-electron chi connectivity index (χ2n) is 18.6. The number of alkyl carbamates (subject to hydrolysis) is 1. The number of nitrogens with one attached hydrogen (secondary N) is 1. The fourth-order valence-electron chi connectivity index (χ4n) is 9.82. The normalized spacial score (nSPS) is 45.7. The van der Waals surface area contributed by atoms with Gasteiger partial charge in [0.2, 0.25) is 0 Å². The van der Waals surface area contributed by atoms with Crippen LogP contribution in [0.25, 0.3) is 0 Å². The van der Waals surface area contributed by atoms with Crippen LogP contribution in [0.2, 0.25) is 0 Å². The van der Waals surface area contributed by atoms with Crippen molar-refractivity contribution in [1.29, 1.82) is 0 Å². The van der Waals surface area contributed by atoms with Crippen LogP contribution in [0.5, 0.6) is 0 Å². The molecule has 0 aromatic carbocycles. The van der Waals surface area contributed by atoms with Gasteiger partial charge in [-0.25, -0.2) is 14.6 Å². The number of aliphatic hydroxyl groups is 1. The van der Waals surface area contributed by atoms with Crippen molar-refractivity contribution in [2.75, 3.05) is 21.2 Å². The number of carbonyl (C=O) groups is 3. The summed E-state index contributed by atoms with van der Waals surface area (Å²) in [4.78, 5) is 47.1. The average Bonchev–Trinajstić information content (AvgIpc) is 3.62. The van der Waals surface area contributed by atoms with Crippen molar-refractivity contribution in [2.24, 2.45) is 22.7 Å². The second kappa shape index (κ2) is 18.3. The van der Waals surface area contributed by atoms with Gasteiger partial charge in [0.25, 0.3) is 0 Å². The highest BCUT2D eigenvalue weighted by Crippen LogP contribution is 2.45. The number of likely N-dealkylation sites (N-methyl/N-ethyl adjacent to an activating group) is 1. The lowest BCUT2D eigenvalue weighted by Gasteiger charge is -2.49. The Balaban J connectivity index is 1.59. The van der Waals surface area contributed by atoms with Crippen molar-refractivity contribution in [3.63, 3.8) is 0 Å². The summed E-state index contributed by atoms with van der Waals surface area (Å²) in [6.07, 6.45) is -8.45. The SMILES string of the molecule is CC[C@H]1OC(=O)[C@H](C)[C@@H](O[C@H]2C[C@@](C)(OC)[C@@H](OC(=O)NC(C)C)[C@H](C)O2)[C@H](C)[C@@H](O[C@@H]2O[C@H](C)C[C@H](N(C)C)[C@H]2O)[C@@]2(C)C[C@@H](C)C(=N[C@H](C)[C@H]3OC(=O)O[C@]31C)O2. The maximum Gasteiger partial charge on any atom is 0.509 e. The third kappa shape index (κ3) is 9.81. The van der Waals surface area contributed by atoms with Crippen LogP contribution in [0.4, 0.5) is 9.59 Å². The minimum atomic E-state index is -1.37. The van der Waals surface area contributed by atoms with Crippen molar-refractivity contribution >= 4 is 24.1 Å². The maximum absolute atomic E-state index is 14.6. The third-order valence-corrected chi connectivity index (χ3v) is 13.0. The highest BCUT2D eigenvalue weighted by Gasteiger charge is 2.59. The van der Waals surface area contributed by atoms with E-state index in [1.165, 1.54) is 7.11 Å². The number of fused-ring (bicyclic) bond motifs is 3. The topological polar surface area (TPSA) is 191 Å². The van der Waals surface area contributed by atoms with E-state index in [2.05, 4.69) is 5.32 Å². The molecule has 0 aromatic rings. The number of aliphatic hydroxyl groups excluding tert-OH is 1. The van der Waals surface area contributed by atoms with E-state index in [0.29, 0.717) is 25.2 Å². The summed E-state index contributed by atoms with van der Waals surface area (Å²) in [7, 11) is 5.35. The number of amides is 1. The molecule has 0 aliphatic carbocycles. The first-order valence-electron chi connectivity index (χ1n) is 21.3. The molecule has 0 aromatic heterocycles. The van der Waals surface area contributed by atoms with Gasteiger partial charge in [0.1, 0.15) is 29.5 Å². The summed E-state index contributed by atoms with van der Waals surface area (Å²) < 4.78 is 63.2. The molecule has 0 radical (unpaired) electrons. The number of hydrogen-bond acceptors (Lipinski definition) is 16. The van der Waals surface area contributed by atoms with Crippen LogP contribution in [0, 0.1) is 17.8 Å². The molecule has 5 heterocycles. The van der Waals surface area contributed by atoms with Gasteiger partial charge in [0, 0.05) is 43.9 Å². The summed E-state index contributed by atoms with van der Waals surface area (Å²) in [5.74, 6) is -2.00. The van der Waals surface area contributed by atoms with Crippen molar-refractivity contribution in [3.8, 4) is 0 Å². The molecule has 59 heavy (non-hydrogen) atoms. The summed E-state index contributed by atoms with van der Waals surface area (Å²) in [6, 6.07) is -1.04. The Kier molecular flexibility index (Phi) is 14.6. The Hall–Kier alpha value is -2.80. The predicted octanol–water partition coefficient (Wildman–Crippen LogP) is 4.73. The van der Waals surface area contributed by atoms with E-state index in [-0.39, 0.29) is 30.5 Å². The second-order valence-corrected chi connectivity index (χ2v) is 18.6. The Bertz CT molecular complexity index is 1530. The molecule has 17 heteroatoms. The molecule has 5 aliphatic rings. The lowest BCUT2D eigenvalue weighted by Crippen LogP contribution is -2.61. The molecule has 1 amide bonds. The number of esters is 1. The largest absolute Gasteiger partial charge is 0.509 e. The van der Waals surface area contributed by atoms with Crippen LogP contribution in [0.1, 0.15) is 109 Å². The molecule has 4 fully saturated rings. The summed E-state index contributed by atoms with van der Waals surface area (Å²) in [5.41, 5.74) is -3.52. The summed E-state index contributed by atoms with van der Waals surface area (Å²) >= 11 is 0. The molecule has 2 N–H and O–H groups in total. The fourth-order valence-corrected chi connectivity index (χ4v) is 9.82. The van der Waals surface area contributed by atoms with Gasteiger partial charge >= 0.3 is 18.2 Å². The van der Waals surface area contributed by atoms with E-state index >= 15 is 0 Å². The standard InChI is InChI=1S/C42H71N3O14/c1-16-28-42(12)33(57-39(49)59-42)25(8)44-35-21(4)18-41(11,58-35)32(55-37-30(46)27(45(13)14)17-22(5)51-37)23(6)31(24(7)36(47)53-28)54-29-19-40(10,50-15)34(26(9)52-29)56-38(48)43-20(2)3/h20-34,37,46H,16-19H2,1-15H3,(H,43,48)/t21-,22-,23+,24-,25-,26+,27+,28-,29+,30-,31+,32-,33-,34+,37+,40-,41-,42+/m1/s1. The predicted molar refractivity (Wildman–Crippen MR) is 214 cm³/mol. The van der Waals surface area contributed by atoms with Crippen LogP contribution in [-0.2, 0) is 52.2 Å². The molecule has 5 rings (SSSR count). The zero-order valence-electron chi connectivity index (χ0n) is 37.7. The molecule has 0 spiro atoms. The molecular formula is C42H71N3O14. The van der Waals surface area contributed by atoms with E-state index in [0.717, 1.165) is 0 Å². The number of carbonyl (C=O) groups excluding carboxylic acids is 3. The van der Waals surface area contributed by atoms with Gasteiger partial charge in [-0.3, -0.25) is 4.79 Å². The Morgan fingerprint density at radius 1 is 0.983 bits per heavy atom. The van der Waals surface area contributed by atoms with Gasteiger partial charge in [-0.05, 0) is 89.3 Å². The van der Waals surface area contributed by atoms with E-state index in [4.69, 9.17) is 52.4 Å². The zero-order valence-corrected chi connectivity index (χ0v) is 37.7. The highest BCUT2D eigenvalue weighted by atomic mass is 16.8. The first-order chi connectivity index (χ1) is 27.5. The van der Waals surface area contributed by atoms with Crippen molar-refractivity contribution < 1.29 is 66.9 Å². The molecule has 338 valence electrons. The lowest BCUT2D eigenvalue weighted by molar-refractivity contribution is -0.315. The van der Waals surface area contributed by atoms with Crippen molar-refractivity contribution in [2.45, 2.75) is 205 Å². The number of cyclic esters (lactones) is 1. The first kappa shape index (κ1) is 47.3. The number of nitrogens with zero attached hydrogens (tertiary/aromatic N) is 2. The Labute approximate surface area is 349 Å². The van der Waals surface area contributed by atoms with Gasteiger partial charge < -0.3 is 62.7 Å². The first-order valence-corrected chi connectivity index (χ1v) is 21.3. The maximum atomic E-state index is 14.6. The van der Waals surface area contributed by atoms with Crippen LogP contribution < -0.4 is 5.32 Å². The van der Waals surface area contributed by atoms with E-state index in [9.17, 15) is 19.5 Å². The van der Waals surface area contributed by atoms with Crippen molar-refractivity contribution in [1.82, 2.24) is 10.2 Å². The molecule has 0 saturated carbocycles. The average molecular weight is 842 g/mol. The van der Waals surface area contributed by atoms with E-state index in [1.807, 2.05) is 81.3 Å². The van der Waals surface area contributed by atoms with Crippen LogP contribution in [0.3, 0.4) is 0 Å². The molecular weight excluding hydrogens is 770 g/mol. The number of aliphatic imine (C=N–C) groups is 1. The van der Waals surface area contributed by atoms with E-state index < -0.39 is 108 Å². The third-order valence-electron chi connectivity index (χ3n) is 13.0. The Morgan fingerprint density at radius 2 is 1.66 bits per heavy atom. The number of methoxy groups -OCH3 is 1. The quantitative estimate of drug-likeness (QED) is 0.239. The lowest BCUT2D eigenvalue weighted by atomic mass is 9.79. The molecule has 18 atom stereocenters. The van der Waals surface area contributed by atoms with Gasteiger partial charge in [-0.15, -0.1) is 0 Å². The molecule has 0 unspecified atom stereocenters. The van der Waals surface area contributed by atoms with E-state index in [1.54, 1.807) is 20.8 Å². The summed E-state index contributed by atoms with van der Waals surface area (Å²) in [5, 5.41) is 14.5. The summed E-state index contributed by atoms with van der Waals surface area (Å²) in [6.45, 7) is 22.1. The fraction of sp³-hybridized carbons (Fsp3) is 0.905. The number of ether oxygens (including phenoxy) is 10. The Morgan fingerprint density at radius 3 is 2.27 bits per heavy atom. The number of hydrogen-bond donors (Lipinski definition) is 2. The minimum Gasteiger partial charge on any atom is -0.472 e. The highest BCUT2D eigenvalue weighted by molar-refractivity contribution is 5.81. The van der Waals surface area contributed by atoms with Crippen LogP contribution in [0.15, 0.2) is 4.99 Å². The molecule has 17 nitrogen and oxygen atoms in total. The molecule has 5 aliphatic heterocycles. The smallest absolute Gasteiger partial charge is 0.472 e. The van der Waals surface area contributed by atoms with Gasteiger partial charge in [-0.2, -0.15) is 0 Å². The van der Waals surface area contributed by atoms with Gasteiger partial charge in [0.15, 0.2) is 36.3 Å². The van der Waals surface area contributed by atoms with Gasteiger partial charge in [-0.1, -0.05) is 20.8 Å². The monoisotopic (exact) mass is 841 g/mol. The van der Waals surface area contributed by atoms with Crippen LogP contribution in [-0.4, -0.2) is 152 Å². The van der Waals surface area contributed by atoms with Gasteiger partial charge in [0.05, 0.1) is 30.3 Å².